The SMILES string of the molecule is COCCCC(=O)C1CCC(C(C)(C)C)CC1. The van der Waals surface area contributed by atoms with Crippen molar-refractivity contribution in [3.63, 3.8) is 0 Å². The number of rotatable bonds is 5. The molecule has 0 bridgehead atoms. The van der Waals surface area contributed by atoms with Gasteiger partial charge in [0.1, 0.15) is 5.78 Å². The number of Topliss-reactive ketones (excluding diaryl/α,β-unsaturated/α-hetero) is 1. The van der Waals surface area contributed by atoms with Crippen LogP contribution in [0.2, 0.25) is 0 Å². The number of carbonyl (C=O) groups is 1. The molecule has 0 saturated heterocycles. The maximum atomic E-state index is 12.0. The monoisotopic (exact) mass is 240 g/mol. The Kier molecular flexibility index (Phi) is 5.64. The Hall–Kier alpha value is -0.370. The second-order valence-corrected chi connectivity index (χ2v) is 6.48. The van der Waals surface area contributed by atoms with E-state index in [-0.39, 0.29) is 0 Å². The molecule has 0 unspecified atom stereocenters. The van der Waals surface area contributed by atoms with Crippen molar-refractivity contribution < 1.29 is 9.53 Å². The molecule has 0 atom stereocenters. The molecule has 1 rings (SSSR count). The van der Waals surface area contributed by atoms with E-state index in [0.29, 0.717) is 30.1 Å². The normalized spacial score (nSPS) is 25.9. The van der Waals surface area contributed by atoms with Gasteiger partial charge in [0.05, 0.1) is 0 Å². The minimum Gasteiger partial charge on any atom is -0.385 e. The smallest absolute Gasteiger partial charge is 0.136 e. The van der Waals surface area contributed by atoms with Gasteiger partial charge in [0.2, 0.25) is 0 Å². The van der Waals surface area contributed by atoms with Crippen molar-refractivity contribution in [3.05, 3.63) is 0 Å². The molecule has 0 heterocycles. The molecule has 0 aromatic heterocycles. The van der Waals surface area contributed by atoms with E-state index in [9.17, 15) is 4.79 Å². The molecule has 1 saturated carbocycles. The summed E-state index contributed by atoms with van der Waals surface area (Å²) in [5.41, 5.74) is 0.407. The Morgan fingerprint density at radius 1 is 1.18 bits per heavy atom. The van der Waals surface area contributed by atoms with E-state index in [1.165, 1.54) is 12.8 Å². The summed E-state index contributed by atoms with van der Waals surface area (Å²) in [6.07, 6.45) is 6.25. The van der Waals surface area contributed by atoms with Crippen LogP contribution < -0.4 is 0 Å². The number of methoxy groups -OCH3 is 1. The first-order chi connectivity index (χ1) is 7.95. The zero-order valence-electron chi connectivity index (χ0n) is 11.9. The maximum Gasteiger partial charge on any atom is 0.136 e. The molecule has 1 fully saturated rings. The van der Waals surface area contributed by atoms with Gasteiger partial charge in [-0.25, -0.2) is 0 Å². The lowest BCUT2D eigenvalue weighted by atomic mass is 9.69. The van der Waals surface area contributed by atoms with E-state index in [1.54, 1.807) is 7.11 Å². The van der Waals surface area contributed by atoms with Gasteiger partial charge in [-0.1, -0.05) is 20.8 Å². The molecule has 0 radical (unpaired) electrons. The van der Waals surface area contributed by atoms with Gasteiger partial charge in [-0.05, 0) is 43.4 Å². The van der Waals surface area contributed by atoms with Crippen LogP contribution in [0.3, 0.4) is 0 Å². The molecule has 1 aliphatic rings. The number of carbonyl (C=O) groups excluding carboxylic acids is 1. The van der Waals surface area contributed by atoms with Crippen LogP contribution in [0.1, 0.15) is 59.3 Å². The van der Waals surface area contributed by atoms with Gasteiger partial charge in [0, 0.05) is 26.1 Å². The minimum absolute atomic E-state index is 0.338. The molecule has 100 valence electrons. The fraction of sp³-hybridized carbons (Fsp3) is 0.933. The van der Waals surface area contributed by atoms with Crippen molar-refractivity contribution >= 4 is 5.78 Å². The zero-order valence-corrected chi connectivity index (χ0v) is 11.9. The van der Waals surface area contributed by atoms with E-state index < -0.39 is 0 Å². The van der Waals surface area contributed by atoms with Gasteiger partial charge in [-0.3, -0.25) is 4.79 Å². The van der Waals surface area contributed by atoms with Crippen LogP contribution in [0.15, 0.2) is 0 Å². The number of hydrogen-bond donors (Lipinski definition) is 0. The predicted octanol–water partition coefficient (Wildman–Crippen LogP) is 3.83. The van der Waals surface area contributed by atoms with Crippen LogP contribution in [0, 0.1) is 17.3 Å². The van der Waals surface area contributed by atoms with Gasteiger partial charge in [0.25, 0.3) is 0 Å². The highest BCUT2D eigenvalue weighted by Crippen LogP contribution is 2.40. The summed E-state index contributed by atoms with van der Waals surface area (Å²) < 4.78 is 4.99. The van der Waals surface area contributed by atoms with E-state index in [2.05, 4.69) is 20.8 Å². The van der Waals surface area contributed by atoms with Gasteiger partial charge < -0.3 is 4.74 Å². The van der Waals surface area contributed by atoms with Gasteiger partial charge in [-0.15, -0.1) is 0 Å². The molecule has 0 amide bonds. The molecule has 1 aliphatic carbocycles. The third-order valence-corrected chi connectivity index (χ3v) is 4.18. The van der Waals surface area contributed by atoms with E-state index in [1.807, 2.05) is 0 Å². The van der Waals surface area contributed by atoms with Crippen molar-refractivity contribution in [1.82, 2.24) is 0 Å². The van der Waals surface area contributed by atoms with Crippen LogP contribution in [0.5, 0.6) is 0 Å². The highest BCUT2D eigenvalue weighted by molar-refractivity contribution is 5.81. The lowest BCUT2D eigenvalue weighted by Gasteiger charge is -2.36. The Balaban J connectivity index is 2.29. The average molecular weight is 240 g/mol. The molecule has 0 aromatic rings. The minimum atomic E-state index is 0.338. The van der Waals surface area contributed by atoms with Crippen molar-refractivity contribution in [3.8, 4) is 0 Å². The molecular formula is C15H28O2. The van der Waals surface area contributed by atoms with Crippen LogP contribution >= 0.6 is 0 Å². The topological polar surface area (TPSA) is 26.3 Å². The second kappa shape index (κ2) is 6.53. The molecule has 0 aromatic carbocycles. The van der Waals surface area contributed by atoms with Crippen molar-refractivity contribution in [2.75, 3.05) is 13.7 Å². The summed E-state index contributed by atoms with van der Waals surface area (Å²) in [6.45, 7) is 7.66. The molecule has 17 heavy (non-hydrogen) atoms. The standard InChI is InChI=1S/C15H28O2/c1-15(2,3)13-9-7-12(8-10-13)14(16)6-5-11-17-4/h12-13H,5-11H2,1-4H3. The Labute approximate surface area is 106 Å². The lowest BCUT2D eigenvalue weighted by molar-refractivity contribution is -0.124. The fourth-order valence-corrected chi connectivity index (χ4v) is 2.88. The van der Waals surface area contributed by atoms with Crippen molar-refractivity contribution in [2.45, 2.75) is 59.3 Å². The van der Waals surface area contributed by atoms with Gasteiger partial charge in [0.15, 0.2) is 0 Å². The highest BCUT2D eigenvalue weighted by Gasteiger charge is 2.31. The number of ether oxygens (including phenoxy) is 1. The number of ketones is 1. The quantitative estimate of drug-likeness (QED) is 0.683. The van der Waals surface area contributed by atoms with E-state index >= 15 is 0 Å². The third-order valence-electron chi connectivity index (χ3n) is 4.18. The first-order valence-electron chi connectivity index (χ1n) is 6.96. The predicted molar refractivity (Wildman–Crippen MR) is 71.0 cm³/mol. The van der Waals surface area contributed by atoms with Crippen LogP contribution in [-0.2, 0) is 9.53 Å². The molecule has 0 aliphatic heterocycles. The molecule has 0 spiro atoms. The highest BCUT2D eigenvalue weighted by atomic mass is 16.5. The maximum absolute atomic E-state index is 12.0. The first-order valence-corrected chi connectivity index (χ1v) is 6.96. The largest absolute Gasteiger partial charge is 0.385 e. The fourth-order valence-electron chi connectivity index (χ4n) is 2.88. The third kappa shape index (κ3) is 4.79. The first kappa shape index (κ1) is 14.7. The van der Waals surface area contributed by atoms with Crippen molar-refractivity contribution in [1.29, 1.82) is 0 Å². The summed E-state index contributed by atoms with van der Waals surface area (Å²) in [5.74, 6) is 1.60. The van der Waals surface area contributed by atoms with Crippen LogP contribution in [0.4, 0.5) is 0 Å². The van der Waals surface area contributed by atoms with Crippen molar-refractivity contribution in [2.24, 2.45) is 17.3 Å². The van der Waals surface area contributed by atoms with Gasteiger partial charge in [-0.2, -0.15) is 0 Å². The Morgan fingerprint density at radius 2 is 1.76 bits per heavy atom. The molecular weight excluding hydrogens is 212 g/mol. The molecule has 0 N–H and O–H groups in total. The molecule has 2 nitrogen and oxygen atoms in total. The van der Waals surface area contributed by atoms with E-state index in [0.717, 1.165) is 25.2 Å². The Bertz CT molecular complexity index is 232. The summed E-state index contributed by atoms with van der Waals surface area (Å²) in [5, 5.41) is 0. The molecule has 2 heteroatoms. The lowest BCUT2D eigenvalue weighted by Crippen LogP contribution is -2.28. The zero-order chi connectivity index (χ0) is 12.9. The Morgan fingerprint density at radius 3 is 2.24 bits per heavy atom. The van der Waals surface area contributed by atoms with Crippen LogP contribution in [-0.4, -0.2) is 19.5 Å². The summed E-state index contributed by atoms with van der Waals surface area (Å²) >= 11 is 0. The second-order valence-electron chi connectivity index (χ2n) is 6.48. The van der Waals surface area contributed by atoms with E-state index in [4.69, 9.17) is 4.74 Å². The summed E-state index contributed by atoms with van der Waals surface area (Å²) in [6, 6.07) is 0. The summed E-state index contributed by atoms with van der Waals surface area (Å²) in [4.78, 5) is 12.0. The summed E-state index contributed by atoms with van der Waals surface area (Å²) in [7, 11) is 1.69. The van der Waals surface area contributed by atoms with Crippen LogP contribution in [0.25, 0.3) is 0 Å². The average Bonchev–Trinajstić information content (AvgIpc) is 2.28. The van der Waals surface area contributed by atoms with Gasteiger partial charge >= 0.3 is 0 Å². The number of hydrogen-bond acceptors (Lipinski definition) is 2.